The van der Waals surface area contributed by atoms with E-state index < -0.39 is 11.8 Å². The zero-order valence-corrected chi connectivity index (χ0v) is 16.3. The average Bonchev–Trinajstić information content (AvgIpc) is 2.71. The third-order valence-electron chi connectivity index (χ3n) is 4.15. The van der Waals surface area contributed by atoms with E-state index in [0.717, 1.165) is 0 Å². The Labute approximate surface area is 167 Å². The third kappa shape index (κ3) is 3.54. The second-order valence-corrected chi connectivity index (χ2v) is 6.13. The predicted molar refractivity (Wildman–Crippen MR) is 109 cm³/mol. The second kappa shape index (κ2) is 8.10. The van der Waals surface area contributed by atoms with Gasteiger partial charge in [0.1, 0.15) is 11.3 Å². The Morgan fingerprint density at radius 2 is 1.54 bits per heavy atom. The molecule has 3 rings (SSSR count). The number of nitrogens with zero attached hydrogens (tertiary/aromatic N) is 1. The van der Waals surface area contributed by atoms with Crippen molar-refractivity contribution in [1.29, 1.82) is 0 Å². The molecule has 1 aliphatic rings. The van der Waals surface area contributed by atoms with Crippen LogP contribution >= 0.6 is 12.2 Å². The molecular formula is C20H18N2O5S. The smallest absolute Gasteiger partial charge is 0.270 e. The van der Waals surface area contributed by atoms with Crippen LogP contribution in [-0.2, 0) is 9.59 Å². The van der Waals surface area contributed by atoms with Crippen molar-refractivity contribution in [2.75, 3.05) is 26.2 Å². The molecule has 0 bridgehead atoms. The minimum atomic E-state index is -0.584. The molecule has 0 atom stereocenters. The molecule has 1 saturated heterocycles. The highest BCUT2D eigenvalue weighted by Gasteiger charge is 2.34. The number of methoxy groups -OCH3 is 3. The van der Waals surface area contributed by atoms with E-state index in [1.54, 1.807) is 36.4 Å². The number of thiocarbonyl (C=S) groups is 1. The third-order valence-corrected chi connectivity index (χ3v) is 4.44. The van der Waals surface area contributed by atoms with Crippen molar-refractivity contribution in [2.24, 2.45) is 0 Å². The van der Waals surface area contributed by atoms with Crippen LogP contribution in [0.25, 0.3) is 6.08 Å². The van der Waals surface area contributed by atoms with Gasteiger partial charge >= 0.3 is 0 Å². The number of hydrogen-bond donors (Lipinski definition) is 1. The fourth-order valence-electron chi connectivity index (χ4n) is 2.79. The van der Waals surface area contributed by atoms with Crippen molar-refractivity contribution < 1.29 is 23.8 Å². The van der Waals surface area contributed by atoms with Crippen LogP contribution in [0.4, 0.5) is 5.69 Å². The summed E-state index contributed by atoms with van der Waals surface area (Å²) in [4.78, 5) is 26.8. The number of carbonyl (C=O) groups is 2. The molecule has 144 valence electrons. The molecule has 1 N–H and O–H groups in total. The molecule has 8 heteroatoms. The summed E-state index contributed by atoms with van der Waals surface area (Å²) in [5, 5.41) is 2.58. The van der Waals surface area contributed by atoms with Gasteiger partial charge in [-0.05, 0) is 36.5 Å². The lowest BCUT2D eigenvalue weighted by Crippen LogP contribution is -2.54. The van der Waals surface area contributed by atoms with Crippen LogP contribution in [0.1, 0.15) is 5.56 Å². The molecule has 0 spiro atoms. The van der Waals surface area contributed by atoms with Crippen molar-refractivity contribution in [2.45, 2.75) is 0 Å². The summed E-state index contributed by atoms with van der Waals surface area (Å²) in [6, 6.07) is 12.1. The van der Waals surface area contributed by atoms with Crippen LogP contribution < -0.4 is 24.4 Å². The first kappa shape index (κ1) is 19.4. The van der Waals surface area contributed by atoms with Gasteiger partial charge in [0.05, 0.1) is 27.0 Å². The number of para-hydroxylation sites is 1. The highest BCUT2D eigenvalue weighted by molar-refractivity contribution is 7.80. The van der Waals surface area contributed by atoms with E-state index in [1.807, 2.05) is 6.07 Å². The van der Waals surface area contributed by atoms with E-state index in [2.05, 4.69) is 5.32 Å². The number of anilines is 1. The summed E-state index contributed by atoms with van der Waals surface area (Å²) in [5.74, 6) is 0.211. The lowest BCUT2D eigenvalue weighted by atomic mass is 10.1. The molecule has 0 saturated carbocycles. The normalized spacial score (nSPS) is 15.5. The van der Waals surface area contributed by atoms with Gasteiger partial charge in [-0.25, -0.2) is 0 Å². The molecule has 2 amide bonds. The highest BCUT2D eigenvalue weighted by atomic mass is 32.1. The summed E-state index contributed by atoms with van der Waals surface area (Å²) in [7, 11) is 4.49. The Bertz CT molecular complexity index is 972. The zero-order chi connectivity index (χ0) is 20.3. The highest BCUT2D eigenvalue weighted by Crippen LogP contribution is 2.36. The fourth-order valence-corrected chi connectivity index (χ4v) is 3.07. The van der Waals surface area contributed by atoms with E-state index in [0.29, 0.717) is 28.5 Å². The summed E-state index contributed by atoms with van der Waals surface area (Å²) in [6.07, 6.45) is 1.44. The van der Waals surface area contributed by atoms with Crippen molar-refractivity contribution >= 4 is 40.9 Å². The SMILES string of the molecule is COc1cc(OC)c(OC)cc1/C=C1\C(=O)NC(=S)N(c2ccccc2)C1=O. The molecular weight excluding hydrogens is 380 g/mol. The van der Waals surface area contributed by atoms with Gasteiger partial charge in [0.15, 0.2) is 16.6 Å². The topological polar surface area (TPSA) is 77.1 Å². The maximum absolute atomic E-state index is 13.0. The van der Waals surface area contributed by atoms with Gasteiger partial charge in [-0.1, -0.05) is 18.2 Å². The largest absolute Gasteiger partial charge is 0.496 e. The van der Waals surface area contributed by atoms with Gasteiger partial charge in [0.2, 0.25) is 0 Å². The summed E-state index contributed by atoms with van der Waals surface area (Å²) in [6.45, 7) is 0. The van der Waals surface area contributed by atoms with E-state index in [4.69, 9.17) is 26.4 Å². The van der Waals surface area contributed by atoms with Gasteiger partial charge in [0.25, 0.3) is 11.8 Å². The van der Waals surface area contributed by atoms with E-state index in [-0.39, 0.29) is 10.7 Å². The lowest BCUT2D eigenvalue weighted by Gasteiger charge is -2.29. The van der Waals surface area contributed by atoms with Gasteiger partial charge < -0.3 is 14.2 Å². The summed E-state index contributed by atoms with van der Waals surface area (Å²) >= 11 is 5.19. The number of ether oxygens (including phenoxy) is 3. The molecule has 1 heterocycles. The Hall–Kier alpha value is -3.39. The summed E-state index contributed by atoms with van der Waals surface area (Å²) < 4.78 is 15.9. The minimum absolute atomic E-state index is 0.0256. The Morgan fingerprint density at radius 3 is 2.14 bits per heavy atom. The molecule has 7 nitrogen and oxygen atoms in total. The molecule has 1 fully saturated rings. The zero-order valence-electron chi connectivity index (χ0n) is 15.5. The maximum Gasteiger partial charge on any atom is 0.270 e. The van der Waals surface area contributed by atoms with Crippen LogP contribution in [0, 0.1) is 0 Å². The number of benzene rings is 2. The molecule has 0 aliphatic carbocycles. The molecule has 28 heavy (non-hydrogen) atoms. The molecule has 0 radical (unpaired) electrons. The maximum atomic E-state index is 13.0. The number of rotatable bonds is 5. The predicted octanol–water partition coefficient (Wildman–Crippen LogP) is 2.54. The van der Waals surface area contributed by atoms with E-state index in [1.165, 1.54) is 32.3 Å². The van der Waals surface area contributed by atoms with Crippen LogP contribution in [-0.4, -0.2) is 38.3 Å². The Morgan fingerprint density at radius 1 is 0.929 bits per heavy atom. The minimum Gasteiger partial charge on any atom is -0.496 e. The molecule has 2 aromatic carbocycles. The number of nitrogens with one attached hydrogen (secondary N) is 1. The Balaban J connectivity index is 2.09. The number of carbonyl (C=O) groups excluding carboxylic acids is 2. The molecule has 0 aromatic heterocycles. The molecule has 0 unspecified atom stereocenters. The monoisotopic (exact) mass is 398 g/mol. The standard InChI is InChI=1S/C20H18N2O5S/c1-25-15-11-17(27-3)16(26-2)10-12(15)9-14-18(23)21-20(28)22(19(14)24)13-7-5-4-6-8-13/h4-11H,1-3H3,(H,21,23,28)/b14-9+. The molecule has 2 aromatic rings. The van der Waals surface area contributed by atoms with Crippen LogP contribution in [0.2, 0.25) is 0 Å². The quantitative estimate of drug-likeness (QED) is 0.474. The van der Waals surface area contributed by atoms with Crippen molar-refractivity contribution in [3.63, 3.8) is 0 Å². The van der Waals surface area contributed by atoms with Gasteiger partial charge in [-0.3, -0.25) is 19.8 Å². The molecule has 1 aliphatic heterocycles. The van der Waals surface area contributed by atoms with Gasteiger partial charge in [0, 0.05) is 11.6 Å². The van der Waals surface area contributed by atoms with Crippen molar-refractivity contribution in [3.8, 4) is 17.2 Å². The van der Waals surface area contributed by atoms with Gasteiger partial charge in [-0.15, -0.1) is 0 Å². The van der Waals surface area contributed by atoms with E-state index in [9.17, 15) is 9.59 Å². The van der Waals surface area contributed by atoms with Crippen molar-refractivity contribution in [1.82, 2.24) is 5.32 Å². The first-order valence-electron chi connectivity index (χ1n) is 8.26. The van der Waals surface area contributed by atoms with Crippen molar-refractivity contribution in [3.05, 3.63) is 53.6 Å². The van der Waals surface area contributed by atoms with Crippen LogP contribution in [0.3, 0.4) is 0 Å². The lowest BCUT2D eigenvalue weighted by molar-refractivity contribution is -0.122. The first-order chi connectivity index (χ1) is 13.5. The van der Waals surface area contributed by atoms with Gasteiger partial charge in [-0.2, -0.15) is 0 Å². The first-order valence-corrected chi connectivity index (χ1v) is 8.67. The number of amides is 2. The van der Waals surface area contributed by atoms with E-state index >= 15 is 0 Å². The fraction of sp³-hybridized carbons (Fsp3) is 0.150. The summed E-state index contributed by atoms with van der Waals surface area (Å²) in [5.41, 5.74) is 0.963. The average molecular weight is 398 g/mol. The van der Waals surface area contributed by atoms with Crippen LogP contribution in [0.15, 0.2) is 48.0 Å². The Kier molecular flexibility index (Phi) is 5.60. The second-order valence-electron chi connectivity index (χ2n) is 5.74. The van der Waals surface area contributed by atoms with Crippen LogP contribution in [0.5, 0.6) is 17.2 Å². The number of hydrogen-bond acceptors (Lipinski definition) is 6.